The molecule has 1 nitrogen and oxygen atoms in total. The van der Waals surface area contributed by atoms with Gasteiger partial charge in [-0.3, -0.25) is 4.79 Å². The Balaban J connectivity index is 0.000000428. The molecule has 3 heteroatoms. The van der Waals surface area contributed by atoms with Crippen molar-refractivity contribution < 1.29 is 9.18 Å². The third kappa shape index (κ3) is 11.0. The van der Waals surface area contributed by atoms with Gasteiger partial charge in [-0.25, -0.2) is 4.39 Å². The molecule has 0 saturated heterocycles. The first-order valence-electron chi connectivity index (χ1n) is 7.55. The summed E-state index contributed by atoms with van der Waals surface area (Å²) in [5, 5.41) is 0.0676. The molecule has 1 unspecified atom stereocenters. The Labute approximate surface area is 128 Å². The Hall–Kier alpha value is -0.830. The lowest BCUT2D eigenvalue weighted by Crippen LogP contribution is -2.07. The van der Waals surface area contributed by atoms with E-state index in [2.05, 4.69) is 26.5 Å². The first-order chi connectivity index (χ1) is 9.61. The molecule has 20 heavy (non-hydrogen) atoms. The van der Waals surface area contributed by atoms with E-state index < -0.39 is 0 Å². The van der Waals surface area contributed by atoms with E-state index in [0.717, 1.165) is 12.8 Å². The van der Waals surface area contributed by atoms with Crippen molar-refractivity contribution >= 4 is 17.7 Å². The number of hydrogen-bond donors (Lipinski definition) is 1. The zero-order valence-electron chi connectivity index (χ0n) is 12.6. The lowest BCUT2D eigenvalue weighted by Gasteiger charge is -2.09. The van der Waals surface area contributed by atoms with Gasteiger partial charge in [-0.15, -0.1) is 12.6 Å². The summed E-state index contributed by atoms with van der Waals surface area (Å²) in [4.78, 5) is 11.0. The summed E-state index contributed by atoms with van der Waals surface area (Å²) in [5.74, 6) is 0.0208. The highest BCUT2D eigenvalue weighted by atomic mass is 32.1. The molecule has 1 aromatic rings. The average Bonchev–Trinajstić information content (AvgIpc) is 2.44. The second-order valence-electron chi connectivity index (χ2n) is 4.94. The molecule has 0 spiro atoms. The minimum Gasteiger partial charge on any atom is -0.287 e. The minimum atomic E-state index is -0.178. The molecule has 114 valence electrons. The summed E-state index contributed by atoms with van der Waals surface area (Å²) < 4.78 is 11.9. The molecule has 0 saturated carbocycles. The molecule has 0 aliphatic carbocycles. The summed E-state index contributed by atoms with van der Waals surface area (Å²) in [6.07, 6.45) is 8.34. The predicted octanol–water partition coefficient (Wildman–Crippen LogP) is 5.66. The van der Waals surface area contributed by atoms with Gasteiger partial charge in [0.2, 0.25) is 0 Å². The highest BCUT2D eigenvalue weighted by Crippen LogP contribution is 2.16. The smallest absolute Gasteiger partial charge is 0.188 e. The van der Waals surface area contributed by atoms with E-state index in [1.165, 1.54) is 44.2 Å². The van der Waals surface area contributed by atoms with E-state index in [4.69, 9.17) is 0 Å². The Morgan fingerprint density at radius 1 is 1.10 bits per heavy atom. The second kappa shape index (κ2) is 13.2. The summed E-state index contributed by atoms with van der Waals surface area (Å²) in [6.45, 7) is 4.27. The molecule has 0 radical (unpaired) electrons. The summed E-state index contributed by atoms with van der Waals surface area (Å²) in [5.41, 5.74) is 0. The van der Waals surface area contributed by atoms with Crippen LogP contribution in [-0.2, 0) is 4.79 Å². The summed E-state index contributed by atoms with van der Waals surface area (Å²) >= 11 is 3.88. The molecule has 0 aliphatic rings. The van der Waals surface area contributed by atoms with Gasteiger partial charge in [0, 0.05) is 5.92 Å². The SMILES string of the molecule is CCCCCCCC(CC)C(=O)S.Fc1ccccc1. The van der Waals surface area contributed by atoms with E-state index in [0.29, 0.717) is 0 Å². The van der Waals surface area contributed by atoms with Crippen molar-refractivity contribution in [1.82, 2.24) is 0 Å². The molecule has 0 heterocycles. The molecule has 1 rings (SSSR count). The lowest BCUT2D eigenvalue weighted by molar-refractivity contribution is -0.114. The van der Waals surface area contributed by atoms with Crippen LogP contribution in [0.25, 0.3) is 0 Å². The van der Waals surface area contributed by atoms with Crippen LogP contribution in [0.4, 0.5) is 4.39 Å². The summed E-state index contributed by atoms with van der Waals surface area (Å²) in [6, 6.07) is 7.94. The van der Waals surface area contributed by atoms with Crippen LogP contribution < -0.4 is 0 Å². The van der Waals surface area contributed by atoms with Crippen molar-refractivity contribution in [3.8, 4) is 0 Å². The van der Waals surface area contributed by atoms with Gasteiger partial charge in [0.1, 0.15) is 5.82 Å². The van der Waals surface area contributed by atoms with Crippen LogP contribution in [0.5, 0.6) is 0 Å². The number of thiol groups is 1. The molecule has 0 aliphatic heterocycles. The van der Waals surface area contributed by atoms with Gasteiger partial charge in [-0.1, -0.05) is 64.2 Å². The highest BCUT2D eigenvalue weighted by Gasteiger charge is 2.11. The Morgan fingerprint density at radius 3 is 2.10 bits per heavy atom. The number of unbranched alkanes of at least 4 members (excludes halogenated alkanes) is 4. The van der Waals surface area contributed by atoms with Crippen LogP contribution >= 0.6 is 12.6 Å². The predicted molar refractivity (Wildman–Crippen MR) is 87.6 cm³/mol. The lowest BCUT2D eigenvalue weighted by atomic mass is 9.99. The van der Waals surface area contributed by atoms with Crippen LogP contribution in [0.1, 0.15) is 58.8 Å². The zero-order valence-corrected chi connectivity index (χ0v) is 13.5. The number of rotatable bonds is 8. The quantitative estimate of drug-likeness (QED) is 0.484. The fraction of sp³-hybridized carbons (Fsp3) is 0.588. The maximum absolute atomic E-state index is 11.9. The van der Waals surface area contributed by atoms with Crippen LogP contribution in [0, 0.1) is 11.7 Å². The van der Waals surface area contributed by atoms with Crippen molar-refractivity contribution in [3.05, 3.63) is 36.1 Å². The normalized spacial score (nSPS) is 11.4. The van der Waals surface area contributed by atoms with E-state index in [-0.39, 0.29) is 16.9 Å². The molecule has 0 aromatic heterocycles. The topological polar surface area (TPSA) is 17.1 Å². The van der Waals surface area contributed by atoms with E-state index in [1.54, 1.807) is 18.2 Å². The molecular formula is C17H27FOS. The van der Waals surface area contributed by atoms with Crippen LogP contribution in [0.15, 0.2) is 30.3 Å². The Morgan fingerprint density at radius 2 is 1.70 bits per heavy atom. The zero-order chi connectivity index (χ0) is 15.2. The number of benzene rings is 1. The largest absolute Gasteiger partial charge is 0.287 e. The average molecular weight is 298 g/mol. The van der Waals surface area contributed by atoms with Crippen LogP contribution in [0.3, 0.4) is 0 Å². The van der Waals surface area contributed by atoms with Gasteiger partial charge < -0.3 is 0 Å². The maximum atomic E-state index is 11.9. The van der Waals surface area contributed by atoms with Crippen LogP contribution in [-0.4, -0.2) is 5.12 Å². The fourth-order valence-corrected chi connectivity index (χ4v) is 2.22. The van der Waals surface area contributed by atoms with Crippen LogP contribution in [0.2, 0.25) is 0 Å². The molecular weight excluding hydrogens is 271 g/mol. The first kappa shape index (κ1) is 19.2. The van der Waals surface area contributed by atoms with Gasteiger partial charge in [0.15, 0.2) is 5.12 Å². The molecule has 0 bridgehead atoms. The van der Waals surface area contributed by atoms with Gasteiger partial charge in [-0.2, -0.15) is 0 Å². The van der Waals surface area contributed by atoms with E-state index in [1.807, 2.05) is 0 Å². The van der Waals surface area contributed by atoms with Gasteiger partial charge in [0.25, 0.3) is 0 Å². The van der Waals surface area contributed by atoms with E-state index >= 15 is 0 Å². The molecule has 1 aromatic carbocycles. The van der Waals surface area contributed by atoms with E-state index in [9.17, 15) is 9.18 Å². The van der Waals surface area contributed by atoms with Gasteiger partial charge in [-0.05, 0) is 25.0 Å². The van der Waals surface area contributed by atoms with Gasteiger partial charge in [0.05, 0.1) is 0 Å². The Bertz CT molecular complexity index is 340. The maximum Gasteiger partial charge on any atom is 0.188 e. The third-order valence-electron chi connectivity index (χ3n) is 3.23. The second-order valence-corrected chi connectivity index (χ2v) is 5.38. The van der Waals surface area contributed by atoms with Crippen molar-refractivity contribution in [3.63, 3.8) is 0 Å². The number of hydrogen-bond acceptors (Lipinski definition) is 1. The van der Waals surface area contributed by atoms with Crippen molar-refractivity contribution in [1.29, 1.82) is 0 Å². The van der Waals surface area contributed by atoms with Crippen molar-refractivity contribution in [2.75, 3.05) is 0 Å². The van der Waals surface area contributed by atoms with Crippen molar-refractivity contribution in [2.45, 2.75) is 58.8 Å². The highest BCUT2D eigenvalue weighted by molar-refractivity contribution is 7.96. The Kier molecular flexibility index (Phi) is 12.6. The number of carbonyl (C=O) groups is 1. The number of carbonyl (C=O) groups excluding carboxylic acids is 1. The summed E-state index contributed by atoms with van der Waals surface area (Å²) in [7, 11) is 0. The molecule has 0 fully saturated rings. The molecule has 1 atom stereocenters. The monoisotopic (exact) mass is 298 g/mol. The minimum absolute atomic E-state index is 0.0676. The third-order valence-corrected chi connectivity index (χ3v) is 3.60. The standard InChI is InChI=1S/C11H22OS.C6H5F/c1-3-5-6-7-8-9-10(4-2)11(12)13;7-6-4-2-1-3-5-6/h10H,3-9H2,1-2H3,(H,12,13);1-5H. The molecule has 0 amide bonds. The molecule has 0 N–H and O–H groups in total. The first-order valence-corrected chi connectivity index (χ1v) is 7.99. The van der Waals surface area contributed by atoms with Crippen molar-refractivity contribution in [2.24, 2.45) is 5.92 Å². The van der Waals surface area contributed by atoms with Gasteiger partial charge >= 0.3 is 0 Å². The number of halogens is 1. The fourth-order valence-electron chi connectivity index (χ4n) is 1.91.